The molecular formula is C25H26N4O3S. The van der Waals surface area contributed by atoms with Gasteiger partial charge in [-0.15, -0.1) is 0 Å². The summed E-state index contributed by atoms with van der Waals surface area (Å²) in [7, 11) is -3.20. The molecule has 2 aromatic carbocycles. The first-order chi connectivity index (χ1) is 15.9. The summed E-state index contributed by atoms with van der Waals surface area (Å²) in [5.41, 5.74) is 5.42. The number of nitrogens with one attached hydrogen (secondary N) is 1. The Bertz CT molecular complexity index is 1390. The molecule has 0 bridgehead atoms. The molecule has 33 heavy (non-hydrogen) atoms. The summed E-state index contributed by atoms with van der Waals surface area (Å²) in [6.07, 6.45) is 6.81. The van der Waals surface area contributed by atoms with Gasteiger partial charge in [-0.1, -0.05) is 6.07 Å². The maximum Gasteiger partial charge on any atom is 0.175 e. The molecule has 0 unspecified atom stereocenters. The molecule has 0 spiro atoms. The predicted octanol–water partition coefficient (Wildman–Crippen LogP) is 4.38. The lowest BCUT2D eigenvalue weighted by Gasteiger charge is -2.34. The zero-order valence-electron chi connectivity index (χ0n) is 18.7. The maximum atomic E-state index is 11.6. The number of hydrogen-bond donors (Lipinski definition) is 1. The Labute approximate surface area is 193 Å². The number of piperidine rings is 1. The molecule has 2 aromatic heterocycles. The zero-order chi connectivity index (χ0) is 23.0. The molecule has 1 aliphatic heterocycles. The number of aromatic amines is 1. The number of aromatic nitrogens is 3. The van der Waals surface area contributed by atoms with Crippen LogP contribution in [0.2, 0.25) is 0 Å². The van der Waals surface area contributed by atoms with Crippen molar-refractivity contribution in [2.75, 3.05) is 24.2 Å². The van der Waals surface area contributed by atoms with Crippen LogP contribution in [0.25, 0.3) is 22.0 Å². The van der Waals surface area contributed by atoms with Crippen LogP contribution in [-0.4, -0.2) is 49.0 Å². The van der Waals surface area contributed by atoms with Gasteiger partial charge in [0, 0.05) is 60.7 Å². The van der Waals surface area contributed by atoms with Crippen LogP contribution < -0.4 is 9.64 Å². The van der Waals surface area contributed by atoms with E-state index in [0.29, 0.717) is 10.6 Å². The van der Waals surface area contributed by atoms with Gasteiger partial charge < -0.3 is 9.64 Å². The van der Waals surface area contributed by atoms with Gasteiger partial charge in [0.15, 0.2) is 9.84 Å². The summed E-state index contributed by atoms with van der Waals surface area (Å²) in [6, 6.07) is 15.1. The number of fused-ring (bicyclic) bond motifs is 1. The zero-order valence-corrected chi connectivity index (χ0v) is 19.5. The van der Waals surface area contributed by atoms with E-state index in [2.05, 4.69) is 44.3 Å². The SMILES string of the molecule is Cc1[nH]ncc1-c1ccc2nccc(N3CCC(Oc4ccc(S(C)(=O)=O)cc4)CC3)c2c1. The molecule has 0 amide bonds. The largest absolute Gasteiger partial charge is 0.490 e. The highest BCUT2D eigenvalue weighted by Crippen LogP contribution is 2.32. The second kappa shape index (κ2) is 8.51. The highest BCUT2D eigenvalue weighted by atomic mass is 32.2. The molecule has 1 aliphatic rings. The fourth-order valence-corrected chi connectivity index (χ4v) is 5.02. The molecule has 0 aliphatic carbocycles. The van der Waals surface area contributed by atoms with Crippen LogP contribution in [0.5, 0.6) is 5.75 Å². The van der Waals surface area contributed by atoms with E-state index in [1.807, 2.05) is 19.3 Å². The Morgan fingerprint density at radius 3 is 2.48 bits per heavy atom. The van der Waals surface area contributed by atoms with Gasteiger partial charge in [0.25, 0.3) is 0 Å². The average molecular weight is 463 g/mol. The second-order valence-electron chi connectivity index (χ2n) is 8.52. The van der Waals surface area contributed by atoms with Crippen molar-refractivity contribution >= 4 is 26.4 Å². The number of ether oxygens (including phenoxy) is 1. The molecule has 0 atom stereocenters. The molecule has 170 valence electrons. The van der Waals surface area contributed by atoms with E-state index in [-0.39, 0.29) is 6.10 Å². The van der Waals surface area contributed by atoms with Gasteiger partial charge in [-0.25, -0.2) is 8.42 Å². The number of anilines is 1. The lowest BCUT2D eigenvalue weighted by Crippen LogP contribution is -2.38. The Hall–Kier alpha value is -3.39. The smallest absolute Gasteiger partial charge is 0.175 e. The molecule has 8 heteroatoms. The monoisotopic (exact) mass is 462 g/mol. The van der Waals surface area contributed by atoms with Crippen LogP contribution in [-0.2, 0) is 9.84 Å². The number of rotatable bonds is 5. The van der Waals surface area contributed by atoms with E-state index in [1.54, 1.807) is 24.3 Å². The lowest BCUT2D eigenvalue weighted by molar-refractivity contribution is 0.171. The van der Waals surface area contributed by atoms with E-state index in [4.69, 9.17) is 4.74 Å². The fraction of sp³-hybridized carbons (Fsp3) is 0.280. The highest BCUT2D eigenvalue weighted by molar-refractivity contribution is 7.90. The van der Waals surface area contributed by atoms with Crippen molar-refractivity contribution in [1.29, 1.82) is 0 Å². The van der Waals surface area contributed by atoms with E-state index >= 15 is 0 Å². The normalized spacial score (nSPS) is 15.2. The fourth-order valence-electron chi connectivity index (χ4n) is 4.39. The van der Waals surface area contributed by atoms with Gasteiger partial charge in [-0.05, 0) is 55.0 Å². The number of hydrogen-bond acceptors (Lipinski definition) is 6. The van der Waals surface area contributed by atoms with Crippen molar-refractivity contribution in [3.63, 3.8) is 0 Å². The molecule has 1 saturated heterocycles. The topological polar surface area (TPSA) is 88.2 Å². The Morgan fingerprint density at radius 1 is 1.06 bits per heavy atom. The van der Waals surface area contributed by atoms with Crippen molar-refractivity contribution in [2.24, 2.45) is 0 Å². The number of benzene rings is 2. The maximum absolute atomic E-state index is 11.6. The summed E-state index contributed by atoms with van der Waals surface area (Å²) in [5.74, 6) is 0.704. The molecule has 3 heterocycles. The Balaban J connectivity index is 1.31. The van der Waals surface area contributed by atoms with Crippen molar-refractivity contribution in [1.82, 2.24) is 15.2 Å². The first-order valence-corrected chi connectivity index (χ1v) is 12.9. The third kappa shape index (κ3) is 4.43. The summed E-state index contributed by atoms with van der Waals surface area (Å²) < 4.78 is 29.4. The molecule has 4 aromatic rings. The van der Waals surface area contributed by atoms with Crippen molar-refractivity contribution in [2.45, 2.75) is 30.8 Å². The Kier molecular flexibility index (Phi) is 5.54. The molecule has 7 nitrogen and oxygen atoms in total. The molecule has 5 rings (SSSR count). The van der Waals surface area contributed by atoms with Crippen LogP contribution >= 0.6 is 0 Å². The van der Waals surface area contributed by atoms with E-state index < -0.39 is 9.84 Å². The standard InChI is InChI=1S/C25H26N4O3S/c1-17-23(16-27-28-17)18-3-8-24-22(15-18)25(9-12-26-24)29-13-10-20(11-14-29)32-19-4-6-21(7-5-19)33(2,30)31/h3-9,12,15-16,20H,10-11,13-14H2,1-2H3,(H,27,28). The number of H-pyrrole nitrogens is 1. The Morgan fingerprint density at radius 2 is 1.82 bits per heavy atom. The van der Waals surface area contributed by atoms with Crippen molar-refractivity contribution in [3.8, 4) is 16.9 Å². The minimum Gasteiger partial charge on any atom is -0.490 e. The van der Waals surface area contributed by atoms with Crippen molar-refractivity contribution < 1.29 is 13.2 Å². The molecule has 0 saturated carbocycles. The summed E-state index contributed by atoms with van der Waals surface area (Å²) in [6.45, 7) is 3.77. The minimum atomic E-state index is -3.20. The molecule has 0 radical (unpaired) electrons. The highest BCUT2D eigenvalue weighted by Gasteiger charge is 2.22. The van der Waals surface area contributed by atoms with Gasteiger partial charge in [-0.2, -0.15) is 5.10 Å². The predicted molar refractivity (Wildman–Crippen MR) is 129 cm³/mol. The second-order valence-corrected chi connectivity index (χ2v) is 10.5. The average Bonchev–Trinajstić information content (AvgIpc) is 3.24. The van der Waals surface area contributed by atoms with Gasteiger partial charge >= 0.3 is 0 Å². The first kappa shape index (κ1) is 21.5. The van der Waals surface area contributed by atoms with Gasteiger partial charge in [0.1, 0.15) is 11.9 Å². The van der Waals surface area contributed by atoms with Crippen LogP contribution in [0.15, 0.2) is 65.8 Å². The lowest BCUT2D eigenvalue weighted by atomic mass is 10.0. The van der Waals surface area contributed by atoms with Crippen LogP contribution in [0, 0.1) is 6.92 Å². The summed E-state index contributed by atoms with van der Waals surface area (Å²) in [4.78, 5) is 7.26. The van der Waals surface area contributed by atoms with Crippen LogP contribution in [0.1, 0.15) is 18.5 Å². The summed E-state index contributed by atoms with van der Waals surface area (Å²) >= 11 is 0. The third-order valence-electron chi connectivity index (χ3n) is 6.20. The van der Waals surface area contributed by atoms with Crippen LogP contribution in [0.4, 0.5) is 5.69 Å². The number of aryl methyl sites for hydroxylation is 1. The quantitative estimate of drug-likeness (QED) is 0.473. The van der Waals surface area contributed by atoms with Gasteiger partial charge in [-0.3, -0.25) is 10.1 Å². The van der Waals surface area contributed by atoms with Crippen LogP contribution in [0.3, 0.4) is 0 Å². The van der Waals surface area contributed by atoms with E-state index in [9.17, 15) is 8.42 Å². The van der Waals surface area contributed by atoms with Gasteiger partial charge in [0.2, 0.25) is 0 Å². The molecule has 1 N–H and O–H groups in total. The van der Waals surface area contributed by atoms with E-state index in [1.165, 1.54) is 11.9 Å². The molecule has 1 fully saturated rings. The number of pyridine rings is 1. The first-order valence-electron chi connectivity index (χ1n) is 11.0. The minimum absolute atomic E-state index is 0.0996. The van der Waals surface area contributed by atoms with E-state index in [0.717, 1.165) is 53.7 Å². The third-order valence-corrected chi connectivity index (χ3v) is 7.33. The summed E-state index contributed by atoms with van der Waals surface area (Å²) in [5, 5.41) is 8.29. The van der Waals surface area contributed by atoms with Crippen molar-refractivity contribution in [3.05, 3.63) is 66.6 Å². The molecular weight excluding hydrogens is 436 g/mol. The number of nitrogens with zero attached hydrogens (tertiary/aromatic N) is 3. The number of sulfone groups is 1. The van der Waals surface area contributed by atoms with Gasteiger partial charge in [0.05, 0.1) is 16.6 Å².